The number of methoxy groups -OCH3 is 1. The third-order valence-electron chi connectivity index (χ3n) is 6.12. The lowest BCUT2D eigenvalue weighted by Gasteiger charge is -2.41. The zero-order valence-corrected chi connectivity index (χ0v) is 13.0. The van der Waals surface area contributed by atoms with Gasteiger partial charge in [-0.1, -0.05) is 6.42 Å². The fourth-order valence-corrected chi connectivity index (χ4v) is 4.97. The molecule has 2 aliphatic carbocycles. The van der Waals surface area contributed by atoms with E-state index in [0.29, 0.717) is 5.41 Å². The van der Waals surface area contributed by atoms with Crippen molar-refractivity contribution in [3.8, 4) is 0 Å². The number of hydrogen-bond donors (Lipinski definition) is 1. The molecule has 116 valence electrons. The Labute approximate surface area is 123 Å². The monoisotopic (exact) mass is 281 g/mol. The Morgan fingerprint density at radius 3 is 2.70 bits per heavy atom. The lowest BCUT2D eigenvalue weighted by atomic mass is 9.70. The van der Waals surface area contributed by atoms with Crippen molar-refractivity contribution in [1.29, 1.82) is 0 Å². The van der Waals surface area contributed by atoms with E-state index in [0.717, 1.165) is 50.7 Å². The predicted molar refractivity (Wildman–Crippen MR) is 80.8 cm³/mol. The second-order valence-electron chi connectivity index (χ2n) is 7.42. The van der Waals surface area contributed by atoms with Gasteiger partial charge in [0.1, 0.15) is 0 Å². The molecule has 0 aromatic rings. The van der Waals surface area contributed by atoms with Crippen LogP contribution in [0.3, 0.4) is 0 Å². The molecule has 3 fully saturated rings. The SMILES string of the molecule is COCCNCC1(CC2CC3CCC2C3)CCOCC1. The van der Waals surface area contributed by atoms with Crippen molar-refractivity contribution < 1.29 is 9.47 Å². The van der Waals surface area contributed by atoms with Gasteiger partial charge in [-0.25, -0.2) is 0 Å². The van der Waals surface area contributed by atoms with Gasteiger partial charge in [-0.05, 0) is 61.7 Å². The van der Waals surface area contributed by atoms with E-state index in [-0.39, 0.29) is 0 Å². The summed E-state index contributed by atoms with van der Waals surface area (Å²) in [5, 5.41) is 3.63. The maximum Gasteiger partial charge on any atom is 0.0587 e. The Kier molecular flexibility index (Phi) is 5.00. The van der Waals surface area contributed by atoms with Crippen molar-refractivity contribution in [3.05, 3.63) is 0 Å². The van der Waals surface area contributed by atoms with Gasteiger partial charge in [-0.15, -0.1) is 0 Å². The minimum Gasteiger partial charge on any atom is -0.383 e. The number of fused-ring (bicyclic) bond motifs is 2. The van der Waals surface area contributed by atoms with Crippen LogP contribution < -0.4 is 5.32 Å². The van der Waals surface area contributed by atoms with E-state index in [1.54, 1.807) is 7.11 Å². The van der Waals surface area contributed by atoms with Gasteiger partial charge >= 0.3 is 0 Å². The molecule has 3 heteroatoms. The number of hydrogen-bond acceptors (Lipinski definition) is 3. The van der Waals surface area contributed by atoms with Crippen LogP contribution in [0.1, 0.15) is 44.9 Å². The molecule has 1 saturated heterocycles. The molecule has 2 saturated carbocycles. The molecule has 0 amide bonds. The molecule has 3 atom stereocenters. The molecular formula is C17H31NO2. The van der Waals surface area contributed by atoms with Crippen LogP contribution in [0, 0.1) is 23.2 Å². The Balaban J connectivity index is 1.54. The van der Waals surface area contributed by atoms with Crippen molar-refractivity contribution >= 4 is 0 Å². The first kappa shape index (κ1) is 14.8. The Bertz CT molecular complexity index is 301. The third kappa shape index (κ3) is 3.37. The molecule has 1 heterocycles. The minimum atomic E-state index is 0.501. The highest BCUT2D eigenvalue weighted by Crippen LogP contribution is 2.53. The summed E-state index contributed by atoms with van der Waals surface area (Å²) in [5.41, 5.74) is 0.501. The molecular weight excluding hydrogens is 250 g/mol. The maximum absolute atomic E-state index is 5.63. The van der Waals surface area contributed by atoms with Crippen molar-refractivity contribution in [2.24, 2.45) is 23.2 Å². The summed E-state index contributed by atoms with van der Waals surface area (Å²) in [5.74, 6) is 3.14. The fourth-order valence-electron chi connectivity index (χ4n) is 4.97. The van der Waals surface area contributed by atoms with E-state index in [1.165, 1.54) is 44.9 Å². The summed E-state index contributed by atoms with van der Waals surface area (Å²) in [6.07, 6.45) is 10.0. The van der Waals surface area contributed by atoms with Crippen LogP contribution in [0.25, 0.3) is 0 Å². The third-order valence-corrected chi connectivity index (χ3v) is 6.12. The first-order valence-corrected chi connectivity index (χ1v) is 8.59. The summed E-state index contributed by atoms with van der Waals surface area (Å²) >= 11 is 0. The largest absolute Gasteiger partial charge is 0.383 e. The molecule has 20 heavy (non-hydrogen) atoms. The first-order valence-electron chi connectivity index (χ1n) is 8.59. The molecule has 0 spiro atoms. The summed E-state index contributed by atoms with van der Waals surface area (Å²) < 4.78 is 10.8. The normalized spacial score (nSPS) is 35.5. The van der Waals surface area contributed by atoms with Crippen LogP contribution in [0.4, 0.5) is 0 Å². The van der Waals surface area contributed by atoms with Crippen LogP contribution in [-0.2, 0) is 9.47 Å². The molecule has 1 aliphatic heterocycles. The zero-order chi connectivity index (χ0) is 13.8. The molecule has 0 aromatic carbocycles. The average Bonchev–Trinajstić information content (AvgIpc) is 3.07. The van der Waals surface area contributed by atoms with Gasteiger partial charge in [0, 0.05) is 33.4 Å². The predicted octanol–water partition coefficient (Wildman–Crippen LogP) is 2.85. The standard InChI is InChI=1S/C17H31NO2/c1-19-9-6-18-13-17(4-7-20-8-5-17)12-16-11-14-2-3-15(16)10-14/h14-16,18H,2-13H2,1H3. The summed E-state index contributed by atoms with van der Waals surface area (Å²) in [4.78, 5) is 0. The van der Waals surface area contributed by atoms with Gasteiger partial charge in [0.25, 0.3) is 0 Å². The van der Waals surface area contributed by atoms with Gasteiger partial charge in [0.05, 0.1) is 6.61 Å². The van der Waals surface area contributed by atoms with Gasteiger partial charge in [0.2, 0.25) is 0 Å². The minimum absolute atomic E-state index is 0.501. The van der Waals surface area contributed by atoms with E-state index in [1.807, 2.05) is 0 Å². The van der Waals surface area contributed by atoms with E-state index in [4.69, 9.17) is 9.47 Å². The topological polar surface area (TPSA) is 30.5 Å². The lowest BCUT2D eigenvalue weighted by Crippen LogP contribution is -2.42. The van der Waals surface area contributed by atoms with Gasteiger partial charge in [-0.3, -0.25) is 0 Å². The average molecular weight is 281 g/mol. The number of rotatable bonds is 7. The molecule has 3 rings (SSSR count). The summed E-state index contributed by atoms with van der Waals surface area (Å²) in [6.45, 7) is 4.89. The van der Waals surface area contributed by atoms with Crippen LogP contribution in [0.5, 0.6) is 0 Å². The molecule has 3 unspecified atom stereocenters. The van der Waals surface area contributed by atoms with Crippen LogP contribution in [0.2, 0.25) is 0 Å². The van der Waals surface area contributed by atoms with Crippen LogP contribution in [0.15, 0.2) is 0 Å². The van der Waals surface area contributed by atoms with Gasteiger partial charge < -0.3 is 14.8 Å². The molecule has 2 bridgehead atoms. The van der Waals surface area contributed by atoms with E-state index < -0.39 is 0 Å². The number of ether oxygens (including phenoxy) is 2. The zero-order valence-electron chi connectivity index (χ0n) is 13.0. The maximum atomic E-state index is 5.63. The molecule has 0 aromatic heterocycles. The second kappa shape index (κ2) is 6.76. The first-order chi connectivity index (χ1) is 9.81. The quantitative estimate of drug-likeness (QED) is 0.728. The highest BCUT2D eigenvalue weighted by molar-refractivity contribution is 4.95. The summed E-state index contributed by atoms with van der Waals surface area (Å²) in [7, 11) is 1.78. The van der Waals surface area contributed by atoms with Crippen LogP contribution in [-0.4, -0.2) is 40.0 Å². The molecule has 1 N–H and O–H groups in total. The highest BCUT2D eigenvalue weighted by atomic mass is 16.5. The van der Waals surface area contributed by atoms with Crippen molar-refractivity contribution in [3.63, 3.8) is 0 Å². The highest BCUT2D eigenvalue weighted by Gasteiger charge is 2.44. The number of nitrogens with one attached hydrogen (secondary N) is 1. The Morgan fingerprint density at radius 1 is 1.20 bits per heavy atom. The molecule has 0 radical (unpaired) electrons. The fraction of sp³-hybridized carbons (Fsp3) is 1.00. The summed E-state index contributed by atoms with van der Waals surface area (Å²) in [6, 6.07) is 0. The van der Waals surface area contributed by atoms with Crippen molar-refractivity contribution in [1.82, 2.24) is 5.32 Å². The molecule has 3 nitrogen and oxygen atoms in total. The Morgan fingerprint density at radius 2 is 2.05 bits per heavy atom. The molecule has 3 aliphatic rings. The smallest absolute Gasteiger partial charge is 0.0587 e. The second-order valence-corrected chi connectivity index (χ2v) is 7.42. The lowest BCUT2D eigenvalue weighted by molar-refractivity contribution is -0.00301. The van der Waals surface area contributed by atoms with Crippen molar-refractivity contribution in [2.75, 3.05) is 40.0 Å². The van der Waals surface area contributed by atoms with Gasteiger partial charge in [0.15, 0.2) is 0 Å². The van der Waals surface area contributed by atoms with E-state index in [9.17, 15) is 0 Å². The Hall–Kier alpha value is -0.120. The van der Waals surface area contributed by atoms with Crippen molar-refractivity contribution in [2.45, 2.75) is 44.9 Å². The van der Waals surface area contributed by atoms with Gasteiger partial charge in [-0.2, -0.15) is 0 Å². The van der Waals surface area contributed by atoms with Crippen LogP contribution >= 0.6 is 0 Å². The van der Waals surface area contributed by atoms with E-state index >= 15 is 0 Å². The van der Waals surface area contributed by atoms with E-state index in [2.05, 4.69) is 5.32 Å².